The number of fused-ring (bicyclic) bond motifs is 5. The third-order valence-corrected chi connectivity index (χ3v) is 8.01. The smallest absolute Gasteiger partial charge is 0.127 e. The second-order valence-electron chi connectivity index (χ2n) is 8.90. The molecule has 3 heteroatoms. The largest absolute Gasteiger partial charge is 0.393 e. The van der Waals surface area contributed by atoms with Crippen LogP contribution in [0, 0.1) is 28.6 Å². The quantitative estimate of drug-likeness (QED) is 0.671. The zero-order valence-electron chi connectivity index (χ0n) is 13.8. The van der Waals surface area contributed by atoms with E-state index in [0.717, 1.165) is 38.5 Å². The van der Waals surface area contributed by atoms with Gasteiger partial charge in [0.25, 0.3) is 0 Å². The molecule has 4 aliphatic carbocycles. The second-order valence-corrected chi connectivity index (χ2v) is 8.90. The Balaban J connectivity index is 1.68. The Morgan fingerprint density at radius 1 is 1.14 bits per heavy atom. The topological polar surface area (TPSA) is 40.5 Å². The van der Waals surface area contributed by atoms with Crippen LogP contribution >= 0.6 is 0 Å². The van der Waals surface area contributed by atoms with Crippen molar-refractivity contribution in [3.63, 3.8) is 0 Å². The molecule has 0 aliphatic heterocycles. The van der Waals surface area contributed by atoms with Crippen LogP contribution in [0.5, 0.6) is 0 Å². The molecule has 2 N–H and O–H groups in total. The Kier molecular flexibility index (Phi) is 3.30. The van der Waals surface area contributed by atoms with Crippen LogP contribution in [0.15, 0.2) is 11.6 Å². The molecule has 124 valence electrons. The molecule has 0 aromatic rings. The number of rotatable bonds is 0. The van der Waals surface area contributed by atoms with Crippen molar-refractivity contribution in [2.45, 2.75) is 77.2 Å². The van der Waals surface area contributed by atoms with Crippen molar-refractivity contribution in [2.24, 2.45) is 28.6 Å². The van der Waals surface area contributed by atoms with Gasteiger partial charge in [0.1, 0.15) is 6.17 Å². The van der Waals surface area contributed by atoms with E-state index >= 15 is 0 Å². The Morgan fingerprint density at radius 2 is 1.91 bits per heavy atom. The van der Waals surface area contributed by atoms with Crippen LogP contribution < -0.4 is 0 Å². The van der Waals surface area contributed by atoms with Gasteiger partial charge in [-0.05, 0) is 73.5 Å². The molecule has 0 bridgehead atoms. The molecule has 0 radical (unpaired) electrons. The lowest BCUT2D eigenvalue weighted by Crippen LogP contribution is -2.51. The number of alkyl halides is 1. The van der Waals surface area contributed by atoms with Crippen LogP contribution in [0.2, 0.25) is 0 Å². The molecule has 0 heterocycles. The predicted octanol–water partition coefficient (Wildman–Crippen LogP) is 3.62. The van der Waals surface area contributed by atoms with E-state index in [1.807, 2.05) is 0 Å². The molecule has 3 fully saturated rings. The molecule has 0 aromatic heterocycles. The summed E-state index contributed by atoms with van der Waals surface area (Å²) in [5.41, 5.74) is 1.42. The van der Waals surface area contributed by atoms with Crippen molar-refractivity contribution >= 4 is 0 Å². The van der Waals surface area contributed by atoms with Crippen LogP contribution in [-0.2, 0) is 0 Å². The summed E-state index contributed by atoms with van der Waals surface area (Å²) in [7, 11) is 0. The highest BCUT2D eigenvalue weighted by atomic mass is 19.1. The third kappa shape index (κ3) is 1.84. The van der Waals surface area contributed by atoms with Crippen molar-refractivity contribution in [3.05, 3.63) is 11.6 Å². The molecule has 3 saturated carbocycles. The molecule has 0 amide bonds. The Labute approximate surface area is 132 Å². The highest BCUT2D eigenvalue weighted by Crippen LogP contribution is 2.65. The van der Waals surface area contributed by atoms with Gasteiger partial charge in [-0.1, -0.05) is 25.5 Å². The van der Waals surface area contributed by atoms with E-state index in [9.17, 15) is 14.6 Å². The lowest BCUT2D eigenvalue weighted by atomic mass is 9.48. The minimum absolute atomic E-state index is 0.173. The normalized spacial score (nSPS) is 57.6. The van der Waals surface area contributed by atoms with E-state index in [1.54, 1.807) is 0 Å². The summed E-state index contributed by atoms with van der Waals surface area (Å²) in [6, 6.07) is 0. The van der Waals surface area contributed by atoms with Crippen LogP contribution in [0.3, 0.4) is 0 Å². The first-order chi connectivity index (χ1) is 10.4. The molecule has 0 saturated heterocycles. The van der Waals surface area contributed by atoms with Gasteiger partial charge in [0.05, 0.1) is 12.2 Å². The summed E-state index contributed by atoms with van der Waals surface area (Å²) in [5.74, 6) is 1.44. The predicted molar refractivity (Wildman–Crippen MR) is 84.0 cm³/mol. The van der Waals surface area contributed by atoms with Crippen molar-refractivity contribution in [1.29, 1.82) is 0 Å². The van der Waals surface area contributed by atoms with E-state index in [2.05, 4.69) is 19.9 Å². The average molecular weight is 308 g/mol. The SMILES string of the molecule is C[C@]12CC[C@H]3[C@@H](CC=C4C[C@H](O)CC[C@@]43C)[C@@H]1C[C@@H](F)[C@@H]2O. The standard InChI is InChI=1S/C19H29FO2/c1-18-7-5-12(21)9-11(18)3-4-13-14(18)6-8-19(2)15(13)10-16(20)17(19)22/h3,12-17,21-22H,4-10H2,1-2H3/t12-,13-,14+,15+,16-,17+,18+,19+/m1/s1. The summed E-state index contributed by atoms with van der Waals surface area (Å²) in [6.45, 7) is 4.49. The van der Waals surface area contributed by atoms with Gasteiger partial charge < -0.3 is 10.2 Å². The molecule has 22 heavy (non-hydrogen) atoms. The summed E-state index contributed by atoms with van der Waals surface area (Å²) >= 11 is 0. The van der Waals surface area contributed by atoms with Crippen LogP contribution in [0.4, 0.5) is 4.39 Å². The lowest BCUT2D eigenvalue weighted by Gasteiger charge is -2.57. The minimum Gasteiger partial charge on any atom is -0.393 e. The first kappa shape index (κ1) is 15.1. The van der Waals surface area contributed by atoms with E-state index in [0.29, 0.717) is 24.2 Å². The maximum Gasteiger partial charge on any atom is 0.127 e. The molecule has 8 atom stereocenters. The summed E-state index contributed by atoms with van der Waals surface area (Å²) in [5, 5.41) is 20.3. The number of hydrogen-bond donors (Lipinski definition) is 2. The lowest BCUT2D eigenvalue weighted by molar-refractivity contribution is -0.0763. The van der Waals surface area contributed by atoms with Gasteiger partial charge in [-0.2, -0.15) is 0 Å². The van der Waals surface area contributed by atoms with Crippen molar-refractivity contribution in [1.82, 2.24) is 0 Å². The molecular weight excluding hydrogens is 279 g/mol. The molecule has 4 aliphatic rings. The summed E-state index contributed by atoms with van der Waals surface area (Å²) < 4.78 is 14.2. The highest BCUT2D eigenvalue weighted by molar-refractivity contribution is 5.25. The number of halogens is 1. The van der Waals surface area contributed by atoms with E-state index in [1.165, 1.54) is 5.57 Å². The van der Waals surface area contributed by atoms with Gasteiger partial charge in [-0.15, -0.1) is 0 Å². The van der Waals surface area contributed by atoms with Crippen LogP contribution in [-0.4, -0.2) is 28.6 Å². The van der Waals surface area contributed by atoms with E-state index in [-0.39, 0.29) is 16.9 Å². The third-order valence-electron chi connectivity index (χ3n) is 8.01. The first-order valence-corrected chi connectivity index (χ1v) is 9.06. The summed E-state index contributed by atoms with van der Waals surface area (Å²) in [4.78, 5) is 0. The second kappa shape index (κ2) is 4.80. The maximum absolute atomic E-state index is 14.2. The number of aliphatic hydroxyl groups excluding tert-OH is 2. The maximum atomic E-state index is 14.2. The Morgan fingerprint density at radius 3 is 2.68 bits per heavy atom. The number of hydrogen-bond acceptors (Lipinski definition) is 2. The molecule has 0 aromatic carbocycles. The molecular formula is C19H29FO2. The fraction of sp³-hybridized carbons (Fsp3) is 0.895. The molecule has 0 unspecified atom stereocenters. The molecule has 2 nitrogen and oxygen atoms in total. The van der Waals surface area contributed by atoms with Crippen molar-refractivity contribution in [3.8, 4) is 0 Å². The fourth-order valence-electron chi connectivity index (χ4n) is 6.59. The fourth-order valence-corrected chi connectivity index (χ4v) is 6.59. The van der Waals surface area contributed by atoms with E-state index in [4.69, 9.17) is 0 Å². The van der Waals surface area contributed by atoms with Gasteiger partial charge in [-0.25, -0.2) is 4.39 Å². The van der Waals surface area contributed by atoms with Gasteiger partial charge in [0, 0.05) is 0 Å². The number of allylic oxidation sites excluding steroid dienone is 1. The number of aliphatic hydroxyl groups is 2. The van der Waals surface area contributed by atoms with Gasteiger partial charge in [0.2, 0.25) is 0 Å². The van der Waals surface area contributed by atoms with Gasteiger partial charge in [0.15, 0.2) is 0 Å². The van der Waals surface area contributed by atoms with Crippen LogP contribution in [0.25, 0.3) is 0 Å². The highest BCUT2D eigenvalue weighted by Gasteiger charge is 2.61. The van der Waals surface area contributed by atoms with Crippen molar-refractivity contribution in [2.75, 3.05) is 0 Å². The Bertz CT molecular complexity index is 504. The molecule has 4 rings (SSSR count). The first-order valence-electron chi connectivity index (χ1n) is 9.06. The Hall–Kier alpha value is -0.410. The summed E-state index contributed by atoms with van der Waals surface area (Å²) in [6.07, 6.45) is 6.76. The van der Waals surface area contributed by atoms with Crippen LogP contribution in [0.1, 0.15) is 58.8 Å². The van der Waals surface area contributed by atoms with Gasteiger partial charge in [-0.3, -0.25) is 0 Å². The monoisotopic (exact) mass is 308 g/mol. The average Bonchev–Trinajstić information content (AvgIpc) is 2.72. The molecule has 0 spiro atoms. The zero-order chi connectivity index (χ0) is 15.7. The van der Waals surface area contributed by atoms with Gasteiger partial charge >= 0.3 is 0 Å². The van der Waals surface area contributed by atoms with E-state index < -0.39 is 12.3 Å². The minimum atomic E-state index is -1.04. The van der Waals surface area contributed by atoms with Crippen molar-refractivity contribution < 1.29 is 14.6 Å². The zero-order valence-corrected chi connectivity index (χ0v) is 13.8.